The van der Waals surface area contributed by atoms with Gasteiger partial charge in [-0.05, 0) is 56.9 Å². The maximum absolute atomic E-state index is 5.66. The molecule has 1 saturated carbocycles. The molecule has 0 bridgehead atoms. The Morgan fingerprint density at radius 2 is 1.93 bits per heavy atom. The van der Waals surface area contributed by atoms with Crippen molar-refractivity contribution in [1.82, 2.24) is 24.7 Å². The third-order valence-corrected chi connectivity index (χ3v) is 5.16. The predicted octanol–water partition coefficient (Wildman–Crippen LogP) is 4.72. The molecule has 30 heavy (non-hydrogen) atoms. The van der Waals surface area contributed by atoms with E-state index in [1.54, 1.807) is 10.9 Å². The summed E-state index contributed by atoms with van der Waals surface area (Å²) in [5.41, 5.74) is 14.1. The van der Waals surface area contributed by atoms with Gasteiger partial charge in [0.1, 0.15) is 5.65 Å². The number of hydrogen-bond acceptors (Lipinski definition) is 5. The number of nitrogens with zero attached hydrogens (tertiary/aromatic N) is 4. The fraction of sp³-hybridized carbons (Fsp3) is 0.261. The molecule has 7 heteroatoms. The summed E-state index contributed by atoms with van der Waals surface area (Å²) in [6.07, 6.45) is 13.2. The van der Waals surface area contributed by atoms with Crippen LogP contribution in [0.1, 0.15) is 30.5 Å². The van der Waals surface area contributed by atoms with Gasteiger partial charge in [-0.15, -0.1) is 0 Å². The summed E-state index contributed by atoms with van der Waals surface area (Å²) in [6.45, 7) is 4.02. The average molecular weight is 402 g/mol. The minimum absolute atomic E-state index is 0.699. The molecule has 4 N–H and O–H groups in total. The lowest BCUT2D eigenvalue weighted by molar-refractivity contribution is 0.661. The zero-order valence-electron chi connectivity index (χ0n) is 17.6. The number of nitrogens with two attached hydrogens (primary N) is 1. The molecule has 4 aromatic rings. The van der Waals surface area contributed by atoms with Crippen LogP contribution in [0.5, 0.6) is 0 Å². The highest BCUT2D eigenvalue weighted by molar-refractivity contribution is 5.83. The first-order chi connectivity index (χ1) is 14.5. The predicted molar refractivity (Wildman–Crippen MR) is 122 cm³/mol. The lowest BCUT2D eigenvalue weighted by atomic mass is 9.93. The van der Waals surface area contributed by atoms with Crippen molar-refractivity contribution in [3.8, 4) is 11.3 Å². The molecule has 0 aliphatic heterocycles. The molecule has 5 rings (SSSR count). The maximum atomic E-state index is 5.66. The van der Waals surface area contributed by atoms with Crippen LogP contribution in [-0.4, -0.2) is 24.7 Å². The van der Waals surface area contributed by atoms with Gasteiger partial charge in [-0.1, -0.05) is 5.57 Å². The van der Waals surface area contributed by atoms with Gasteiger partial charge in [0.15, 0.2) is 0 Å². The van der Waals surface area contributed by atoms with Gasteiger partial charge in [0.05, 0.1) is 35.2 Å². The van der Waals surface area contributed by atoms with Crippen LogP contribution in [0.25, 0.3) is 22.3 Å². The number of fused-ring (bicyclic) bond motifs is 1. The lowest BCUT2D eigenvalue weighted by Gasteiger charge is -2.16. The molecule has 0 saturated heterocycles. The van der Waals surface area contributed by atoms with Crippen LogP contribution < -0.4 is 11.1 Å². The van der Waals surface area contributed by atoms with Gasteiger partial charge < -0.3 is 16.0 Å². The van der Waals surface area contributed by atoms with E-state index in [9.17, 15) is 0 Å². The van der Waals surface area contributed by atoms with Crippen LogP contribution >= 0.6 is 0 Å². The highest BCUT2D eigenvalue weighted by atomic mass is 15.2. The standard InChI is InChI=1S/C12H12N4.C11H15N3/c1-8-3-9-4-11(15-12(9)13-5-8)10-6-14-16(2)7-10;1-8-11(5-10(12)7-13-8)14-6-9-3-2-4-9/h3-7H,1-2H3,(H,13,15);5-7,14H,2-4,12H2,1H3. The van der Waals surface area contributed by atoms with Crippen LogP contribution in [-0.2, 0) is 7.05 Å². The molecular formula is C23H27N7. The number of allylic oxidation sites excluding steroid dienone is 1. The van der Waals surface area contributed by atoms with Crippen LogP contribution in [0.4, 0.5) is 11.4 Å². The molecule has 1 aliphatic carbocycles. The molecule has 1 aliphatic rings. The minimum atomic E-state index is 0.699. The highest BCUT2D eigenvalue weighted by Gasteiger charge is 2.08. The Balaban J connectivity index is 0.000000147. The van der Waals surface area contributed by atoms with E-state index >= 15 is 0 Å². The number of anilines is 2. The quantitative estimate of drug-likeness (QED) is 0.461. The second kappa shape index (κ2) is 8.41. The third-order valence-electron chi connectivity index (χ3n) is 5.16. The number of nitrogen functional groups attached to an aromatic ring is 1. The van der Waals surface area contributed by atoms with Crippen molar-refractivity contribution in [3.63, 3.8) is 0 Å². The Hall–Kier alpha value is -3.61. The first-order valence-electron chi connectivity index (χ1n) is 10.1. The fourth-order valence-electron chi connectivity index (χ4n) is 3.24. The number of aromatic nitrogens is 5. The SMILES string of the molecule is Cc1cnc2[nH]c(-c3cnn(C)c3)cc2c1.Cc1ncc(N)cc1NC=C1CCC1. The number of hydrogen-bond donors (Lipinski definition) is 3. The Morgan fingerprint density at radius 3 is 2.63 bits per heavy atom. The van der Waals surface area contributed by atoms with Crippen LogP contribution in [0.2, 0.25) is 0 Å². The molecule has 0 spiro atoms. The summed E-state index contributed by atoms with van der Waals surface area (Å²) in [6, 6.07) is 6.14. The molecule has 7 nitrogen and oxygen atoms in total. The summed E-state index contributed by atoms with van der Waals surface area (Å²) in [5, 5.41) is 8.55. The third kappa shape index (κ3) is 4.51. The fourth-order valence-corrected chi connectivity index (χ4v) is 3.24. The lowest BCUT2D eigenvalue weighted by Crippen LogP contribution is -2.02. The average Bonchev–Trinajstić information content (AvgIpc) is 3.29. The molecule has 1 fully saturated rings. The van der Waals surface area contributed by atoms with Gasteiger partial charge in [0.25, 0.3) is 0 Å². The summed E-state index contributed by atoms with van der Waals surface area (Å²) in [4.78, 5) is 11.8. The van der Waals surface area contributed by atoms with Gasteiger partial charge in [-0.25, -0.2) is 4.98 Å². The number of nitrogens with one attached hydrogen (secondary N) is 2. The Morgan fingerprint density at radius 1 is 1.10 bits per heavy atom. The molecule has 0 amide bonds. The Bertz CT molecular complexity index is 1190. The van der Waals surface area contributed by atoms with Crippen molar-refractivity contribution in [3.05, 3.63) is 66.0 Å². The van der Waals surface area contributed by atoms with Crippen molar-refractivity contribution in [2.75, 3.05) is 11.1 Å². The van der Waals surface area contributed by atoms with Crippen molar-refractivity contribution in [2.24, 2.45) is 7.05 Å². The summed E-state index contributed by atoms with van der Waals surface area (Å²) in [5.74, 6) is 0. The second-order valence-corrected chi connectivity index (χ2v) is 7.74. The summed E-state index contributed by atoms with van der Waals surface area (Å²) >= 11 is 0. The van der Waals surface area contributed by atoms with E-state index in [-0.39, 0.29) is 0 Å². The van der Waals surface area contributed by atoms with Crippen molar-refractivity contribution in [2.45, 2.75) is 33.1 Å². The Kier molecular flexibility index (Phi) is 5.52. The second-order valence-electron chi connectivity index (χ2n) is 7.74. The number of aryl methyl sites for hydroxylation is 3. The Labute approximate surface area is 176 Å². The van der Waals surface area contributed by atoms with E-state index in [1.807, 2.05) is 45.6 Å². The van der Waals surface area contributed by atoms with Crippen molar-refractivity contribution < 1.29 is 0 Å². The van der Waals surface area contributed by atoms with Gasteiger partial charge >= 0.3 is 0 Å². The molecule has 0 unspecified atom stereocenters. The van der Waals surface area contributed by atoms with Gasteiger partial charge in [0, 0.05) is 36.6 Å². The van der Waals surface area contributed by atoms with Crippen LogP contribution in [0, 0.1) is 13.8 Å². The van der Waals surface area contributed by atoms with Gasteiger partial charge in [-0.2, -0.15) is 5.10 Å². The maximum Gasteiger partial charge on any atom is 0.137 e. The van der Waals surface area contributed by atoms with Crippen LogP contribution in [0.3, 0.4) is 0 Å². The summed E-state index contributed by atoms with van der Waals surface area (Å²) < 4.78 is 1.79. The summed E-state index contributed by atoms with van der Waals surface area (Å²) in [7, 11) is 1.91. The molecule has 0 radical (unpaired) electrons. The van der Waals surface area contributed by atoms with E-state index < -0.39 is 0 Å². The number of rotatable bonds is 3. The van der Waals surface area contributed by atoms with Crippen molar-refractivity contribution in [1.29, 1.82) is 0 Å². The number of pyridine rings is 2. The molecule has 0 atom stereocenters. The molecule has 154 valence electrons. The van der Waals surface area contributed by atoms with E-state index in [4.69, 9.17) is 5.73 Å². The smallest absolute Gasteiger partial charge is 0.137 e. The van der Waals surface area contributed by atoms with Crippen LogP contribution in [0.15, 0.2) is 54.8 Å². The monoisotopic (exact) mass is 401 g/mol. The molecule has 4 heterocycles. The molecule has 4 aromatic heterocycles. The van der Waals surface area contributed by atoms with E-state index in [0.717, 1.165) is 33.7 Å². The van der Waals surface area contributed by atoms with E-state index in [2.05, 4.69) is 43.7 Å². The largest absolute Gasteiger partial charge is 0.397 e. The first kappa shape index (κ1) is 19.7. The zero-order valence-corrected chi connectivity index (χ0v) is 17.6. The van der Waals surface area contributed by atoms with Gasteiger partial charge in [-0.3, -0.25) is 9.67 Å². The highest BCUT2D eigenvalue weighted by Crippen LogP contribution is 2.26. The first-order valence-corrected chi connectivity index (χ1v) is 10.1. The molecular weight excluding hydrogens is 374 g/mol. The zero-order chi connectivity index (χ0) is 21.1. The molecule has 0 aromatic carbocycles. The number of aromatic amines is 1. The van der Waals surface area contributed by atoms with Gasteiger partial charge in [0.2, 0.25) is 0 Å². The van der Waals surface area contributed by atoms with E-state index in [0.29, 0.717) is 5.69 Å². The topological polar surface area (TPSA) is 97.4 Å². The normalized spacial score (nSPS) is 12.8. The minimum Gasteiger partial charge on any atom is -0.397 e. The van der Waals surface area contributed by atoms with E-state index in [1.165, 1.54) is 30.4 Å². The van der Waals surface area contributed by atoms with Crippen molar-refractivity contribution >= 4 is 22.4 Å². The number of H-pyrrole nitrogens is 1.